The molecule has 202 valence electrons. The SMILES string of the molecule is COc1cc(/C=N\NC(=O)Cc2csc(Nc3cccc(C(F)(F)F)c3)n2)ccc1OCc1cccc(F)c1. The Bertz CT molecular complexity index is 1470. The number of halogens is 4. The van der Waals surface area contributed by atoms with Crippen LogP contribution in [-0.4, -0.2) is 24.2 Å². The zero-order valence-corrected chi connectivity index (χ0v) is 21.3. The number of ether oxygens (including phenoxy) is 2. The number of hydrazone groups is 1. The number of carbonyl (C=O) groups is 1. The summed E-state index contributed by atoms with van der Waals surface area (Å²) in [5, 5.41) is 8.75. The van der Waals surface area contributed by atoms with Crippen LogP contribution in [0.15, 0.2) is 77.2 Å². The fraction of sp³-hybridized carbons (Fsp3) is 0.148. The molecule has 12 heteroatoms. The number of nitrogens with one attached hydrogen (secondary N) is 2. The van der Waals surface area contributed by atoms with Gasteiger partial charge in [0.1, 0.15) is 12.4 Å². The van der Waals surface area contributed by atoms with Crippen LogP contribution in [0.5, 0.6) is 11.5 Å². The third kappa shape index (κ3) is 8.01. The van der Waals surface area contributed by atoms with Crippen LogP contribution in [0.3, 0.4) is 0 Å². The maximum absolute atomic E-state index is 13.4. The Kier molecular flexibility index (Phi) is 8.77. The molecule has 39 heavy (non-hydrogen) atoms. The van der Waals surface area contributed by atoms with Crippen molar-refractivity contribution in [2.45, 2.75) is 19.2 Å². The standard InChI is InChI=1S/C27H22F4N4O3S/c1-37-24-11-17(8-9-23(24)38-15-18-4-2-6-20(28)10-18)14-32-35-25(36)13-22-16-39-26(34-22)33-21-7-3-5-19(12-21)27(29,30)31/h2-12,14,16H,13,15H2,1H3,(H,33,34)(H,35,36)/b32-14-. The molecule has 0 atom stereocenters. The average molecular weight is 559 g/mol. The van der Waals surface area contributed by atoms with Gasteiger partial charge < -0.3 is 14.8 Å². The summed E-state index contributed by atoms with van der Waals surface area (Å²) in [5.74, 6) is 0.119. The van der Waals surface area contributed by atoms with E-state index in [4.69, 9.17) is 9.47 Å². The molecule has 4 rings (SSSR count). The van der Waals surface area contributed by atoms with E-state index in [-0.39, 0.29) is 24.5 Å². The van der Waals surface area contributed by atoms with Gasteiger partial charge in [0, 0.05) is 11.1 Å². The number of thiazole rings is 1. The van der Waals surface area contributed by atoms with Crippen molar-refractivity contribution >= 4 is 34.3 Å². The molecule has 0 fully saturated rings. The topological polar surface area (TPSA) is 84.8 Å². The quantitative estimate of drug-likeness (QED) is 0.135. The summed E-state index contributed by atoms with van der Waals surface area (Å²) < 4.78 is 63.1. The fourth-order valence-electron chi connectivity index (χ4n) is 3.40. The number of hydrogen-bond donors (Lipinski definition) is 2. The van der Waals surface area contributed by atoms with Gasteiger partial charge in [0.25, 0.3) is 0 Å². The number of benzene rings is 3. The lowest BCUT2D eigenvalue weighted by Crippen LogP contribution is -2.19. The Morgan fingerprint density at radius 1 is 1.08 bits per heavy atom. The minimum atomic E-state index is -4.45. The Balaban J connectivity index is 1.29. The van der Waals surface area contributed by atoms with Gasteiger partial charge in [0.2, 0.25) is 5.91 Å². The van der Waals surface area contributed by atoms with Crippen molar-refractivity contribution in [3.05, 3.63) is 100 Å². The third-order valence-electron chi connectivity index (χ3n) is 5.21. The highest BCUT2D eigenvalue weighted by Gasteiger charge is 2.30. The summed E-state index contributed by atoms with van der Waals surface area (Å²) in [5.41, 5.74) is 3.61. The van der Waals surface area contributed by atoms with Gasteiger partial charge in [-0.25, -0.2) is 14.8 Å². The van der Waals surface area contributed by atoms with Crippen LogP contribution in [0.1, 0.15) is 22.4 Å². The minimum Gasteiger partial charge on any atom is -0.493 e. The van der Waals surface area contributed by atoms with Gasteiger partial charge in [0.15, 0.2) is 16.6 Å². The van der Waals surface area contributed by atoms with E-state index in [0.29, 0.717) is 33.5 Å². The van der Waals surface area contributed by atoms with Crippen LogP contribution in [0.2, 0.25) is 0 Å². The van der Waals surface area contributed by atoms with E-state index in [9.17, 15) is 22.4 Å². The van der Waals surface area contributed by atoms with Gasteiger partial charge in [0.05, 0.1) is 31.0 Å². The summed E-state index contributed by atoms with van der Waals surface area (Å²) in [6.45, 7) is 0.158. The number of amides is 1. The normalized spacial score (nSPS) is 11.4. The van der Waals surface area contributed by atoms with Gasteiger partial charge in [-0.3, -0.25) is 4.79 Å². The summed E-state index contributed by atoms with van der Waals surface area (Å²) in [6, 6.07) is 15.9. The van der Waals surface area contributed by atoms with Crippen LogP contribution in [-0.2, 0) is 24.0 Å². The summed E-state index contributed by atoms with van der Waals surface area (Å²) in [7, 11) is 1.48. The highest BCUT2D eigenvalue weighted by molar-refractivity contribution is 7.13. The molecule has 0 bridgehead atoms. The minimum absolute atomic E-state index is 0.0751. The number of anilines is 2. The molecule has 3 aromatic carbocycles. The summed E-state index contributed by atoms with van der Waals surface area (Å²) in [6.07, 6.45) is -3.10. The zero-order chi connectivity index (χ0) is 27.8. The molecule has 1 aromatic heterocycles. The number of carbonyl (C=O) groups excluding carboxylic acids is 1. The molecular weight excluding hydrogens is 536 g/mol. The first-order chi connectivity index (χ1) is 18.7. The molecule has 2 N–H and O–H groups in total. The van der Waals surface area contributed by atoms with Crippen molar-refractivity contribution in [1.29, 1.82) is 0 Å². The number of nitrogens with zero attached hydrogens (tertiary/aromatic N) is 2. The molecule has 0 saturated carbocycles. The lowest BCUT2D eigenvalue weighted by atomic mass is 10.2. The Morgan fingerprint density at radius 2 is 1.90 bits per heavy atom. The Hall–Kier alpha value is -4.45. The molecule has 0 saturated heterocycles. The van der Waals surface area contributed by atoms with E-state index in [2.05, 4.69) is 20.8 Å². The van der Waals surface area contributed by atoms with E-state index in [1.165, 1.54) is 37.6 Å². The maximum Gasteiger partial charge on any atom is 0.416 e. The van der Waals surface area contributed by atoms with Crippen LogP contribution < -0.4 is 20.2 Å². The zero-order valence-electron chi connectivity index (χ0n) is 20.5. The number of rotatable bonds is 10. The van der Waals surface area contributed by atoms with Gasteiger partial charge in [-0.15, -0.1) is 11.3 Å². The monoisotopic (exact) mass is 558 g/mol. The molecule has 0 aliphatic carbocycles. The Morgan fingerprint density at radius 3 is 2.67 bits per heavy atom. The van der Waals surface area contributed by atoms with E-state index in [1.54, 1.807) is 35.7 Å². The van der Waals surface area contributed by atoms with Crippen LogP contribution in [0.4, 0.5) is 28.4 Å². The number of alkyl halides is 3. The van der Waals surface area contributed by atoms with Crippen molar-refractivity contribution in [3.63, 3.8) is 0 Å². The predicted octanol–water partition coefficient (Wildman–Crippen LogP) is 6.33. The van der Waals surface area contributed by atoms with Crippen molar-refractivity contribution in [2.75, 3.05) is 12.4 Å². The summed E-state index contributed by atoms with van der Waals surface area (Å²) in [4.78, 5) is 16.5. The number of methoxy groups -OCH3 is 1. The van der Waals surface area contributed by atoms with E-state index in [1.807, 2.05) is 0 Å². The van der Waals surface area contributed by atoms with E-state index < -0.39 is 17.6 Å². The average Bonchev–Trinajstić information content (AvgIpc) is 3.33. The van der Waals surface area contributed by atoms with Crippen LogP contribution in [0, 0.1) is 5.82 Å². The molecule has 4 aromatic rings. The molecule has 0 spiro atoms. The lowest BCUT2D eigenvalue weighted by Gasteiger charge is -2.11. The predicted molar refractivity (Wildman–Crippen MR) is 140 cm³/mol. The van der Waals surface area contributed by atoms with Crippen LogP contribution in [0.25, 0.3) is 0 Å². The Labute approximate surface area is 225 Å². The molecule has 0 unspecified atom stereocenters. The second-order valence-corrected chi connectivity index (χ2v) is 9.00. The third-order valence-corrected chi connectivity index (χ3v) is 6.02. The second-order valence-electron chi connectivity index (χ2n) is 8.15. The number of hydrogen-bond acceptors (Lipinski definition) is 7. The fourth-order valence-corrected chi connectivity index (χ4v) is 4.13. The van der Waals surface area contributed by atoms with Gasteiger partial charge in [-0.05, 0) is 59.7 Å². The molecule has 0 radical (unpaired) electrons. The second kappa shape index (κ2) is 12.4. The van der Waals surface area contributed by atoms with Crippen molar-refractivity contribution < 1.29 is 31.8 Å². The van der Waals surface area contributed by atoms with Gasteiger partial charge in [-0.1, -0.05) is 18.2 Å². The van der Waals surface area contributed by atoms with E-state index in [0.717, 1.165) is 23.5 Å². The molecule has 1 heterocycles. The van der Waals surface area contributed by atoms with E-state index >= 15 is 0 Å². The maximum atomic E-state index is 13.4. The van der Waals surface area contributed by atoms with Gasteiger partial charge >= 0.3 is 6.18 Å². The first-order valence-electron chi connectivity index (χ1n) is 11.5. The first kappa shape index (κ1) is 27.6. The molecule has 0 aliphatic rings. The lowest BCUT2D eigenvalue weighted by molar-refractivity contribution is -0.137. The summed E-state index contributed by atoms with van der Waals surface area (Å²) >= 11 is 1.16. The molecule has 7 nitrogen and oxygen atoms in total. The molecular formula is C27H22F4N4O3S. The van der Waals surface area contributed by atoms with Crippen molar-refractivity contribution in [1.82, 2.24) is 10.4 Å². The smallest absolute Gasteiger partial charge is 0.416 e. The molecule has 0 aliphatic heterocycles. The first-order valence-corrected chi connectivity index (χ1v) is 12.3. The van der Waals surface area contributed by atoms with Crippen molar-refractivity contribution in [2.24, 2.45) is 5.10 Å². The van der Waals surface area contributed by atoms with Gasteiger partial charge in [-0.2, -0.15) is 18.3 Å². The number of aromatic nitrogens is 1. The highest BCUT2D eigenvalue weighted by atomic mass is 32.1. The molecule has 1 amide bonds. The largest absolute Gasteiger partial charge is 0.493 e. The van der Waals surface area contributed by atoms with Crippen LogP contribution >= 0.6 is 11.3 Å². The highest BCUT2D eigenvalue weighted by Crippen LogP contribution is 2.32. The van der Waals surface area contributed by atoms with Crippen molar-refractivity contribution in [3.8, 4) is 11.5 Å².